The summed E-state index contributed by atoms with van der Waals surface area (Å²) < 4.78 is 22.7. The molecule has 16 heavy (non-hydrogen) atoms. The number of rotatable bonds is 5. The first kappa shape index (κ1) is 12.9. The molecule has 0 N–H and O–H groups in total. The van der Waals surface area contributed by atoms with Crippen LogP contribution >= 0.6 is 7.60 Å². The van der Waals surface area contributed by atoms with E-state index in [0.717, 1.165) is 0 Å². The van der Waals surface area contributed by atoms with E-state index in [9.17, 15) is 4.57 Å². The van der Waals surface area contributed by atoms with Gasteiger partial charge < -0.3 is 9.05 Å². The molecule has 0 fully saturated rings. The summed E-state index contributed by atoms with van der Waals surface area (Å²) in [6.07, 6.45) is 0. The van der Waals surface area contributed by atoms with E-state index in [0.29, 0.717) is 24.2 Å². The van der Waals surface area contributed by atoms with Crippen LogP contribution in [-0.4, -0.2) is 13.2 Å². The smallest absolute Gasteiger partial charge is 0.306 e. The predicted octanol–water partition coefficient (Wildman–Crippen LogP) is 3.13. The molecule has 0 aromatic heterocycles. The van der Waals surface area contributed by atoms with E-state index in [-0.39, 0.29) is 0 Å². The molecular formula is C11H14NO3P. The van der Waals surface area contributed by atoms with Gasteiger partial charge in [0.05, 0.1) is 25.1 Å². The van der Waals surface area contributed by atoms with Gasteiger partial charge in [0, 0.05) is 0 Å². The first-order valence-electron chi connectivity index (χ1n) is 5.03. The third kappa shape index (κ3) is 2.93. The topological polar surface area (TPSA) is 39.9 Å². The maximum absolute atomic E-state index is 12.3. The summed E-state index contributed by atoms with van der Waals surface area (Å²) in [5, 5.41) is 0.435. The Morgan fingerprint density at radius 2 is 1.94 bits per heavy atom. The summed E-state index contributed by atoms with van der Waals surface area (Å²) in [5.74, 6) is 0. The maximum atomic E-state index is 12.3. The van der Waals surface area contributed by atoms with E-state index in [1.54, 1.807) is 38.1 Å². The lowest BCUT2D eigenvalue weighted by Crippen LogP contribution is -2.10. The summed E-state index contributed by atoms with van der Waals surface area (Å²) in [7, 11) is -3.26. The van der Waals surface area contributed by atoms with Gasteiger partial charge >= 0.3 is 7.60 Å². The van der Waals surface area contributed by atoms with Gasteiger partial charge in [0.25, 0.3) is 0 Å². The van der Waals surface area contributed by atoms with Crippen molar-refractivity contribution in [2.24, 2.45) is 0 Å². The highest BCUT2D eigenvalue weighted by Crippen LogP contribution is 2.47. The van der Waals surface area contributed by atoms with Crippen LogP contribution in [0.15, 0.2) is 24.3 Å². The molecule has 0 aliphatic carbocycles. The average molecular weight is 239 g/mol. The molecule has 4 nitrogen and oxygen atoms in total. The van der Waals surface area contributed by atoms with Crippen molar-refractivity contribution in [1.82, 2.24) is 0 Å². The van der Waals surface area contributed by atoms with Gasteiger partial charge in [-0.15, -0.1) is 0 Å². The van der Waals surface area contributed by atoms with Gasteiger partial charge in [0.15, 0.2) is 5.69 Å². The number of hydrogen-bond donors (Lipinski definition) is 0. The van der Waals surface area contributed by atoms with E-state index in [1.165, 1.54) is 0 Å². The Balaban J connectivity index is 3.11. The minimum atomic E-state index is -3.26. The lowest BCUT2D eigenvalue weighted by atomic mass is 10.3. The van der Waals surface area contributed by atoms with Crippen LogP contribution < -0.4 is 5.30 Å². The predicted molar refractivity (Wildman–Crippen MR) is 63.2 cm³/mol. The van der Waals surface area contributed by atoms with Gasteiger partial charge in [0.1, 0.15) is 0 Å². The second-order valence-corrected chi connectivity index (χ2v) is 4.99. The van der Waals surface area contributed by atoms with Crippen molar-refractivity contribution in [3.05, 3.63) is 35.7 Å². The molecule has 0 unspecified atom stereocenters. The molecule has 0 aliphatic heterocycles. The first-order valence-corrected chi connectivity index (χ1v) is 6.57. The van der Waals surface area contributed by atoms with Crippen LogP contribution in [0.2, 0.25) is 0 Å². The summed E-state index contributed by atoms with van der Waals surface area (Å²) in [6.45, 7) is 11.0. The molecule has 0 bridgehead atoms. The van der Waals surface area contributed by atoms with Crippen molar-refractivity contribution in [2.75, 3.05) is 13.2 Å². The Kier molecular flexibility index (Phi) is 4.70. The highest BCUT2D eigenvalue weighted by atomic mass is 31.2. The molecule has 0 aliphatic rings. The van der Waals surface area contributed by atoms with Gasteiger partial charge in [-0.05, 0) is 26.0 Å². The van der Waals surface area contributed by atoms with E-state index < -0.39 is 7.60 Å². The van der Waals surface area contributed by atoms with Crippen molar-refractivity contribution in [3.63, 3.8) is 0 Å². The fraction of sp³-hybridized carbons (Fsp3) is 0.364. The van der Waals surface area contributed by atoms with E-state index in [2.05, 4.69) is 4.85 Å². The minimum Gasteiger partial charge on any atom is -0.306 e. The molecular weight excluding hydrogens is 225 g/mol. The molecule has 0 saturated heterocycles. The molecule has 5 heteroatoms. The summed E-state index contributed by atoms with van der Waals surface area (Å²) >= 11 is 0. The lowest BCUT2D eigenvalue weighted by Gasteiger charge is -2.17. The fourth-order valence-corrected chi connectivity index (χ4v) is 2.87. The van der Waals surface area contributed by atoms with Crippen molar-refractivity contribution in [1.29, 1.82) is 0 Å². The third-order valence-electron chi connectivity index (χ3n) is 1.87. The van der Waals surface area contributed by atoms with Gasteiger partial charge in [0.2, 0.25) is 0 Å². The van der Waals surface area contributed by atoms with Crippen LogP contribution in [0.4, 0.5) is 5.69 Å². The van der Waals surface area contributed by atoms with Crippen molar-refractivity contribution in [3.8, 4) is 0 Å². The van der Waals surface area contributed by atoms with Crippen molar-refractivity contribution in [2.45, 2.75) is 13.8 Å². The molecule has 1 aromatic carbocycles. The molecule has 0 atom stereocenters. The quantitative estimate of drug-likeness (QED) is 0.585. The monoisotopic (exact) mass is 239 g/mol. The summed E-state index contributed by atoms with van der Waals surface area (Å²) in [5.41, 5.74) is 0.428. The van der Waals surface area contributed by atoms with Crippen LogP contribution in [0.25, 0.3) is 4.85 Å². The molecule has 0 amide bonds. The minimum absolute atomic E-state index is 0.305. The number of hydrogen-bond acceptors (Lipinski definition) is 3. The second kappa shape index (κ2) is 5.81. The molecule has 1 aromatic rings. The molecule has 86 valence electrons. The second-order valence-electron chi connectivity index (χ2n) is 2.96. The summed E-state index contributed by atoms with van der Waals surface area (Å²) in [6, 6.07) is 6.52. The van der Waals surface area contributed by atoms with Crippen LogP contribution in [-0.2, 0) is 13.6 Å². The van der Waals surface area contributed by atoms with Crippen molar-refractivity contribution < 1.29 is 13.6 Å². The Labute approximate surface area is 95.5 Å². The zero-order valence-electron chi connectivity index (χ0n) is 9.34. The fourth-order valence-electron chi connectivity index (χ4n) is 1.26. The highest BCUT2D eigenvalue weighted by Gasteiger charge is 2.26. The Morgan fingerprint density at radius 1 is 1.31 bits per heavy atom. The molecule has 0 heterocycles. The standard InChI is InChI=1S/C11H14NO3P/c1-4-14-16(13,15-5-2)11-8-6-7-10(9-11)12-3/h6-9H,4-5H2,1-2H3. The Morgan fingerprint density at radius 3 is 2.44 bits per heavy atom. The lowest BCUT2D eigenvalue weighted by molar-refractivity contribution is 0.230. The molecule has 1 rings (SSSR count). The highest BCUT2D eigenvalue weighted by molar-refractivity contribution is 7.62. The average Bonchev–Trinajstić information content (AvgIpc) is 2.30. The number of benzene rings is 1. The van der Waals surface area contributed by atoms with Gasteiger partial charge in [-0.1, -0.05) is 12.1 Å². The van der Waals surface area contributed by atoms with Gasteiger partial charge in [-0.3, -0.25) is 4.57 Å². The SMILES string of the molecule is [C-]#[N+]c1cccc(P(=O)(OCC)OCC)c1. The van der Waals surface area contributed by atoms with Crippen LogP contribution in [0.5, 0.6) is 0 Å². The van der Waals surface area contributed by atoms with Gasteiger partial charge in [-0.25, -0.2) is 4.85 Å². The van der Waals surface area contributed by atoms with E-state index >= 15 is 0 Å². The van der Waals surface area contributed by atoms with Gasteiger partial charge in [-0.2, -0.15) is 0 Å². The largest absolute Gasteiger partial charge is 0.360 e. The molecule has 0 saturated carbocycles. The third-order valence-corrected chi connectivity index (χ3v) is 3.98. The van der Waals surface area contributed by atoms with Crippen LogP contribution in [0.3, 0.4) is 0 Å². The van der Waals surface area contributed by atoms with E-state index in [1.807, 2.05) is 0 Å². The Hall–Kier alpha value is -1.14. The maximum Gasteiger partial charge on any atom is 0.360 e. The molecule has 0 radical (unpaired) electrons. The zero-order valence-corrected chi connectivity index (χ0v) is 10.2. The number of nitrogens with zero attached hydrogens (tertiary/aromatic N) is 1. The van der Waals surface area contributed by atoms with E-state index in [4.69, 9.17) is 15.6 Å². The van der Waals surface area contributed by atoms with Crippen LogP contribution in [0, 0.1) is 6.57 Å². The van der Waals surface area contributed by atoms with Crippen molar-refractivity contribution >= 4 is 18.6 Å². The normalized spacial score (nSPS) is 11.1. The molecule has 0 spiro atoms. The summed E-state index contributed by atoms with van der Waals surface area (Å²) in [4.78, 5) is 3.28. The first-order chi connectivity index (χ1) is 7.66. The van der Waals surface area contributed by atoms with Crippen LogP contribution in [0.1, 0.15) is 13.8 Å². The zero-order chi connectivity index (χ0) is 12.0. The Bertz CT molecular complexity index is 429.